The first-order valence-corrected chi connectivity index (χ1v) is 9.58. The van der Waals surface area contributed by atoms with Crippen LogP contribution in [0.1, 0.15) is 22.5 Å². The zero-order chi connectivity index (χ0) is 22.1. The number of urea groups is 1. The molecule has 1 saturated heterocycles. The second-order valence-electron chi connectivity index (χ2n) is 7.28. The van der Waals surface area contributed by atoms with Crippen molar-refractivity contribution in [2.75, 3.05) is 0 Å². The van der Waals surface area contributed by atoms with Crippen LogP contribution in [0, 0.1) is 24.0 Å². The monoisotopic (exact) mass is 417 g/mol. The molecule has 1 aliphatic heterocycles. The first-order chi connectivity index (χ1) is 14.8. The van der Waals surface area contributed by atoms with Crippen LogP contribution < -0.4 is 5.32 Å². The molecule has 1 fully saturated rings. The van der Waals surface area contributed by atoms with Crippen molar-refractivity contribution >= 4 is 23.7 Å². The Morgan fingerprint density at radius 1 is 1.06 bits per heavy atom. The molecule has 0 spiro atoms. The lowest BCUT2D eigenvalue weighted by molar-refractivity contribution is -0.384. The standard InChI is InChI=1S/C23H19N3O5/c1-14-10-18(20(26(29)30)11-15(14)2)21-9-8-17(31-21)12-19-22(27)25(23(28)24-19)13-16-6-4-3-5-7-16/h3-12H,13H2,1-2H3,(H,24,28)/b19-12-. The molecule has 0 saturated carbocycles. The molecule has 31 heavy (non-hydrogen) atoms. The number of aryl methyl sites for hydroxylation is 2. The number of hydrogen-bond acceptors (Lipinski definition) is 5. The van der Waals surface area contributed by atoms with Crippen molar-refractivity contribution < 1.29 is 18.9 Å². The van der Waals surface area contributed by atoms with Gasteiger partial charge in [0.25, 0.3) is 11.6 Å². The molecule has 0 radical (unpaired) electrons. The SMILES string of the molecule is Cc1cc(-c2ccc(/C=C3\NC(=O)N(Cc4ccccc4)C3=O)o2)c([N+](=O)[O-])cc1C. The van der Waals surface area contributed by atoms with Crippen LogP contribution in [0.3, 0.4) is 0 Å². The summed E-state index contributed by atoms with van der Waals surface area (Å²) in [7, 11) is 0. The van der Waals surface area contributed by atoms with Crippen molar-refractivity contribution in [3.05, 3.63) is 92.9 Å². The van der Waals surface area contributed by atoms with Gasteiger partial charge in [-0.05, 0) is 48.7 Å². The molecule has 2 aromatic carbocycles. The third-order valence-corrected chi connectivity index (χ3v) is 5.13. The quantitative estimate of drug-likeness (QED) is 0.283. The van der Waals surface area contributed by atoms with Gasteiger partial charge in [-0.25, -0.2) is 4.79 Å². The molecule has 3 amide bonds. The molecule has 1 aliphatic rings. The normalized spacial score (nSPS) is 14.9. The first-order valence-electron chi connectivity index (χ1n) is 9.58. The number of hydrogen-bond donors (Lipinski definition) is 1. The Bertz CT molecular complexity index is 1230. The van der Waals surface area contributed by atoms with Gasteiger partial charge in [0, 0.05) is 12.1 Å². The van der Waals surface area contributed by atoms with Crippen molar-refractivity contribution in [3.8, 4) is 11.3 Å². The minimum atomic E-state index is -0.517. The maximum Gasteiger partial charge on any atom is 0.329 e. The van der Waals surface area contributed by atoms with Gasteiger partial charge in [-0.1, -0.05) is 30.3 Å². The molecule has 1 aromatic heterocycles. The topological polar surface area (TPSA) is 106 Å². The lowest BCUT2D eigenvalue weighted by atomic mass is 10.0. The molecule has 3 aromatic rings. The number of amides is 3. The van der Waals surface area contributed by atoms with E-state index >= 15 is 0 Å². The number of benzene rings is 2. The summed E-state index contributed by atoms with van der Waals surface area (Å²) in [5.74, 6) is 0.135. The second-order valence-corrected chi connectivity index (χ2v) is 7.28. The molecule has 156 valence electrons. The Kier molecular flexibility index (Phi) is 5.12. The molecule has 0 unspecified atom stereocenters. The predicted octanol–water partition coefficient (Wildman–Crippen LogP) is 4.56. The summed E-state index contributed by atoms with van der Waals surface area (Å²) in [5, 5.41) is 14.0. The minimum absolute atomic E-state index is 0.0593. The Labute approximate surface area is 177 Å². The van der Waals surface area contributed by atoms with Crippen LogP contribution in [0.15, 0.2) is 64.7 Å². The average molecular weight is 417 g/mol. The summed E-state index contributed by atoms with van der Waals surface area (Å²) >= 11 is 0. The van der Waals surface area contributed by atoms with E-state index in [1.54, 1.807) is 25.1 Å². The van der Waals surface area contributed by atoms with Crippen LogP contribution >= 0.6 is 0 Å². The number of nitrogens with zero attached hydrogens (tertiary/aromatic N) is 2. The van der Waals surface area contributed by atoms with E-state index in [-0.39, 0.29) is 17.9 Å². The number of rotatable bonds is 5. The van der Waals surface area contributed by atoms with E-state index < -0.39 is 16.9 Å². The fourth-order valence-corrected chi connectivity index (χ4v) is 3.35. The van der Waals surface area contributed by atoms with Crippen molar-refractivity contribution in [2.24, 2.45) is 0 Å². The zero-order valence-corrected chi connectivity index (χ0v) is 16.9. The Balaban J connectivity index is 1.61. The number of carbonyl (C=O) groups is 2. The third-order valence-electron chi connectivity index (χ3n) is 5.13. The summed E-state index contributed by atoms with van der Waals surface area (Å²) in [6.07, 6.45) is 1.42. The number of imide groups is 1. The lowest BCUT2D eigenvalue weighted by Gasteiger charge is -2.11. The number of nitro benzene ring substituents is 1. The summed E-state index contributed by atoms with van der Waals surface area (Å²) in [6, 6.07) is 15.1. The van der Waals surface area contributed by atoms with Crippen LogP contribution in [-0.4, -0.2) is 21.8 Å². The average Bonchev–Trinajstić information content (AvgIpc) is 3.31. The predicted molar refractivity (Wildman–Crippen MR) is 114 cm³/mol. The highest BCUT2D eigenvalue weighted by molar-refractivity contribution is 6.13. The second kappa shape index (κ2) is 7.91. The van der Waals surface area contributed by atoms with Crippen molar-refractivity contribution in [1.82, 2.24) is 10.2 Å². The fraction of sp³-hybridized carbons (Fsp3) is 0.130. The summed E-state index contributed by atoms with van der Waals surface area (Å²) in [5.41, 5.74) is 2.90. The van der Waals surface area contributed by atoms with Gasteiger partial charge >= 0.3 is 6.03 Å². The van der Waals surface area contributed by atoms with Crippen LogP contribution in [0.4, 0.5) is 10.5 Å². The van der Waals surface area contributed by atoms with E-state index in [1.165, 1.54) is 12.1 Å². The molecule has 0 atom stereocenters. The van der Waals surface area contributed by atoms with E-state index in [0.717, 1.165) is 21.6 Å². The molecule has 2 heterocycles. The van der Waals surface area contributed by atoms with Crippen LogP contribution in [0.5, 0.6) is 0 Å². The maximum absolute atomic E-state index is 12.7. The zero-order valence-electron chi connectivity index (χ0n) is 16.9. The first kappa shape index (κ1) is 20.1. The van der Waals surface area contributed by atoms with Gasteiger partial charge in [0.15, 0.2) is 0 Å². The highest BCUT2D eigenvalue weighted by atomic mass is 16.6. The number of carbonyl (C=O) groups excluding carboxylic acids is 2. The summed E-state index contributed by atoms with van der Waals surface area (Å²) in [4.78, 5) is 37.0. The van der Waals surface area contributed by atoms with E-state index in [4.69, 9.17) is 4.42 Å². The molecule has 0 aliphatic carbocycles. The molecular weight excluding hydrogens is 398 g/mol. The Hall–Kier alpha value is -4.20. The molecule has 4 rings (SSSR count). The van der Waals surface area contributed by atoms with Gasteiger partial charge in [-0.3, -0.25) is 19.8 Å². The molecule has 1 N–H and O–H groups in total. The highest BCUT2D eigenvalue weighted by Gasteiger charge is 2.33. The van der Waals surface area contributed by atoms with Crippen LogP contribution in [0.25, 0.3) is 17.4 Å². The Morgan fingerprint density at radius 2 is 1.77 bits per heavy atom. The smallest absolute Gasteiger partial charge is 0.329 e. The van der Waals surface area contributed by atoms with Crippen molar-refractivity contribution in [2.45, 2.75) is 20.4 Å². The molecular formula is C23H19N3O5. The summed E-state index contributed by atoms with van der Waals surface area (Å²) < 4.78 is 5.75. The van der Waals surface area contributed by atoms with Gasteiger partial charge < -0.3 is 9.73 Å². The van der Waals surface area contributed by atoms with Crippen LogP contribution in [0.2, 0.25) is 0 Å². The largest absolute Gasteiger partial charge is 0.456 e. The molecule has 0 bridgehead atoms. The van der Waals surface area contributed by atoms with Crippen molar-refractivity contribution in [3.63, 3.8) is 0 Å². The van der Waals surface area contributed by atoms with Crippen molar-refractivity contribution in [1.29, 1.82) is 0 Å². The van der Waals surface area contributed by atoms with Gasteiger partial charge in [0.2, 0.25) is 0 Å². The lowest BCUT2D eigenvalue weighted by Crippen LogP contribution is -2.30. The number of nitro groups is 1. The van der Waals surface area contributed by atoms with Gasteiger partial charge in [-0.15, -0.1) is 0 Å². The van der Waals surface area contributed by atoms with Gasteiger partial charge in [0.05, 0.1) is 17.0 Å². The van der Waals surface area contributed by atoms with Gasteiger partial charge in [0.1, 0.15) is 17.2 Å². The third kappa shape index (κ3) is 3.95. The van der Waals surface area contributed by atoms with E-state index in [2.05, 4.69) is 5.32 Å². The van der Waals surface area contributed by atoms with Gasteiger partial charge in [-0.2, -0.15) is 0 Å². The minimum Gasteiger partial charge on any atom is -0.456 e. The Morgan fingerprint density at radius 3 is 2.48 bits per heavy atom. The molecule has 8 nitrogen and oxygen atoms in total. The summed E-state index contributed by atoms with van der Waals surface area (Å²) in [6.45, 7) is 3.82. The van der Waals surface area contributed by atoms with E-state index in [0.29, 0.717) is 17.1 Å². The number of nitrogens with one attached hydrogen (secondary N) is 1. The maximum atomic E-state index is 12.7. The molecule has 8 heteroatoms. The number of furan rings is 1. The van der Waals surface area contributed by atoms with Crippen LogP contribution in [-0.2, 0) is 11.3 Å². The van der Waals surface area contributed by atoms with E-state index in [9.17, 15) is 19.7 Å². The fourth-order valence-electron chi connectivity index (χ4n) is 3.35. The van der Waals surface area contributed by atoms with E-state index in [1.807, 2.05) is 37.3 Å². The highest BCUT2D eigenvalue weighted by Crippen LogP contribution is 2.34.